The zero-order chi connectivity index (χ0) is 16.7. The summed E-state index contributed by atoms with van der Waals surface area (Å²) in [6.45, 7) is 4.87. The fourth-order valence-electron chi connectivity index (χ4n) is 2.28. The van der Waals surface area contributed by atoms with Crippen LogP contribution in [0.4, 0.5) is 0 Å². The number of hydrogen-bond acceptors (Lipinski definition) is 5. The Hall–Kier alpha value is -2.69. The Morgan fingerprint density at radius 3 is 2.30 bits per heavy atom. The molecule has 23 heavy (non-hydrogen) atoms. The molecule has 0 aromatic heterocycles. The van der Waals surface area contributed by atoms with Gasteiger partial charge in [0.2, 0.25) is 0 Å². The number of rotatable bonds is 7. The van der Waals surface area contributed by atoms with Crippen molar-refractivity contribution < 1.29 is 19.4 Å². The maximum Gasteiger partial charge on any atom is 0.161 e. The average molecular weight is 315 g/mol. The summed E-state index contributed by atoms with van der Waals surface area (Å²) in [6, 6.07) is 11.4. The molecule has 5 nitrogen and oxygen atoms in total. The van der Waals surface area contributed by atoms with Crippen molar-refractivity contribution in [2.75, 3.05) is 20.3 Å². The van der Waals surface area contributed by atoms with Crippen molar-refractivity contribution in [2.24, 2.45) is 5.16 Å². The number of aryl methyl sites for hydroxylation is 2. The smallest absolute Gasteiger partial charge is 0.161 e. The highest BCUT2D eigenvalue weighted by Gasteiger charge is 2.05. The van der Waals surface area contributed by atoms with Crippen molar-refractivity contribution >= 4 is 6.21 Å². The summed E-state index contributed by atoms with van der Waals surface area (Å²) in [5.41, 5.74) is 3.05. The second kappa shape index (κ2) is 8.08. The van der Waals surface area contributed by atoms with Crippen molar-refractivity contribution in [2.45, 2.75) is 13.8 Å². The molecule has 0 bridgehead atoms. The minimum Gasteiger partial charge on any atom is -0.493 e. The third kappa shape index (κ3) is 4.92. The van der Waals surface area contributed by atoms with Crippen LogP contribution in [0.15, 0.2) is 41.6 Å². The molecule has 0 aliphatic heterocycles. The van der Waals surface area contributed by atoms with Gasteiger partial charge in [-0.1, -0.05) is 11.2 Å². The zero-order valence-corrected chi connectivity index (χ0v) is 13.6. The fraction of sp³-hybridized carbons (Fsp3) is 0.278. The van der Waals surface area contributed by atoms with Crippen LogP contribution in [0.1, 0.15) is 16.7 Å². The lowest BCUT2D eigenvalue weighted by atomic mass is 10.1. The molecular formula is C18H21NO4. The van der Waals surface area contributed by atoms with Crippen LogP contribution in [0.3, 0.4) is 0 Å². The van der Waals surface area contributed by atoms with E-state index in [4.69, 9.17) is 19.4 Å². The molecule has 0 heterocycles. The molecule has 0 spiro atoms. The highest BCUT2D eigenvalue weighted by molar-refractivity contribution is 5.80. The Kier molecular flexibility index (Phi) is 5.86. The SMILES string of the molecule is COc1ccc(C=NO)cc1OCCOc1cc(C)cc(C)c1. The third-order valence-corrected chi connectivity index (χ3v) is 3.20. The van der Waals surface area contributed by atoms with E-state index in [1.807, 2.05) is 26.0 Å². The molecule has 0 saturated heterocycles. The molecule has 122 valence electrons. The first-order chi connectivity index (χ1) is 11.1. The second-order valence-corrected chi connectivity index (χ2v) is 5.18. The molecule has 0 amide bonds. The molecular weight excluding hydrogens is 294 g/mol. The molecule has 0 radical (unpaired) electrons. The van der Waals surface area contributed by atoms with Crippen LogP contribution in [0, 0.1) is 13.8 Å². The van der Waals surface area contributed by atoms with E-state index < -0.39 is 0 Å². The van der Waals surface area contributed by atoms with Crippen molar-refractivity contribution in [3.63, 3.8) is 0 Å². The predicted octanol–water partition coefficient (Wildman–Crippen LogP) is 3.58. The van der Waals surface area contributed by atoms with E-state index in [1.165, 1.54) is 17.3 Å². The van der Waals surface area contributed by atoms with Crippen LogP contribution in [-0.4, -0.2) is 31.7 Å². The number of oxime groups is 1. The first kappa shape index (κ1) is 16.7. The van der Waals surface area contributed by atoms with Crippen LogP contribution in [0.2, 0.25) is 0 Å². The molecule has 2 rings (SSSR count). The lowest BCUT2D eigenvalue weighted by Crippen LogP contribution is -2.10. The van der Waals surface area contributed by atoms with Gasteiger partial charge in [-0.3, -0.25) is 0 Å². The first-order valence-electron chi connectivity index (χ1n) is 7.31. The molecule has 5 heteroatoms. The number of benzene rings is 2. The maximum atomic E-state index is 8.60. The van der Waals surface area contributed by atoms with Gasteiger partial charge in [-0.25, -0.2) is 0 Å². The largest absolute Gasteiger partial charge is 0.493 e. The van der Waals surface area contributed by atoms with Gasteiger partial charge in [0.1, 0.15) is 19.0 Å². The van der Waals surface area contributed by atoms with Crippen LogP contribution in [-0.2, 0) is 0 Å². The highest BCUT2D eigenvalue weighted by Crippen LogP contribution is 2.27. The molecule has 0 unspecified atom stereocenters. The van der Waals surface area contributed by atoms with E-state index in [0.29, 0.717) is 24.7 Å². The molecule has 0 fully saturated rings. The molecule has 0 aliphatic rings. The Morgan fingerprint density at radius 2 is 1.65 bits per heavy atom. The van der Waals surface area contributed by atoms with Gasteiger partial charge >= 0.3 is 0 Å². The fourth-order valence-corrected chi connectivity index (χ4v) is 2.28. The van der Waals surface area contributed by atoms with Gasteiger partial charge in [-0.2, -0.15) is 0 Å². The highest BCUT2D eigenvalue weighted by atomic mass is 16.5. The summed E-state index contributed by atoms with van der Waals surface area (Å²) in [5, 5.41) is 11.6. The van der Waals surface area contributed by atoms with E-state index in [-0.39, 0.29) is 0 Å². The van der Waals surface area contributed by atoms with Gasteiger partial charge in [0, 0.05) is 5.56 Å². The summed E-state index contributed by atoms with van der Waals surface area (Å²) in [6.07, 6.45) is 1.33. The maximum absolute atomic E-state index is 8.60. The lowest BCUT2D eigenvalue weighted by Gasteiger charge is -2.12. The molecule has 2 aromatic rings. The Bertz CT molecular complexity index is 662. The molecule has 0 aliphatic carbocycles. The Morgan fingerprint density at radius 1 is 0.957 bits per heavy atom. The lowest BCUT2D eigenvalue weighted by molar-refractivity contribution is 0.211. The van der Waals surface area contributed by atoms with E-state index >= 15 is 0 Å². The summed E-state index contributed by atoms with van der Waals surface area (Å²) >= 11 is 0. The zero-order valence-electron chi connectivity index (χ0n) is 13.6. The van der Waals surface area contributed by atoms with Crippen LogP contribution in [0.25, 0.3) is 0 Å². The summed E-state index contributed by atoms with van der Waals surface area (Å²) in [5.74, 6) is 2.03. The molecule has 0 saturated carbocycles. The quantitative estimate of drug-likeness (QED) is 0.367. The number of hydrogen-bond donors (Lipinski definition) is 1. The van der Waals surface area contributed by atoms with Crippen molar-refractivity contribution in [3.8, 4) is 17.2 Å². The average Bonchev–Trinajstić information content (AvgIpc) is 2.51. The number of ether oxygens (including phenoxy) is 3. The minimum atomic E-state index is 0.378. The third-order valence-electron chi connectivity index (χ3n) is 3.20. The van der Waals surface area contributed by atoms with Gasteiger partial charge in [-0.05, 0) is 55.3 Å². The molecule has 1 N–H and O–H groups in total. The van der Waals surface area contributed by atoms with Crippen LogP contribution >= 0.6 is 0 Å². The predicted molar refractivity (Wildman–Crippen MR) is 89.3 cm³/mol. The van der Waals surface area contributed by atoms with Gasteiger partial charge in [0.15, 0.2) is 11.5 Å². The van der Waals surface area contributed by atoms with E-state index in [0.717, 1.165) is 11.3 Å². The van der Waals surface area contributed by atoms with E-state index in [2.05, 4.69) is 11.2 Å². The van der Waals surface area contributed by atoms with Crippen LogP contribution in [0.5, 0.6) is 17.2 Å². The minimum absolute atomic E-state index is 0.378. The van der Waals surface area contributed by atoms with E-state index in [1.54, 1.807) is 25.3 Å². The van der Waals surface area contributed by atoms with E-state index in [9.17, 15) is 0 Å². The molecule has 0 atom stereocenters. The van der Waals surface area contributed by atoms with Gasteiger partial charge in [0.05, 0.1) is 13.3 Å². The topological polar surface area (TPSA) is 60.3 Å². The normalized spacial score (nSPS) is 10.7. The number of methoxy groups -OCH3 is 1. The van der Waals surface area contributed by atoms with Crippen molar-refractivity contribution in [1.29, 1.82) is 0 Å². The van der Waals surface area contributed by atoms with Gasteiger partial charge in [0.25, 0.3) is 0 Å². The summed E-state index contributed by atoms with van der Waals surface area (Å²) in [7, 11) is 1.58. The van der Waals surface area contributed by atoms with Crippen molar-refractivity contribution in [1.82, 2.24) is 0 Å². The Balaban J connectivity index is 1.94. The second-order valence-electron chi connectivity index (χ2n) is 5.18. The van der Waals surface area contributed by atoms with Crippen LogP contribution < -0.4 is 14.2 Å². The van der Waals surface area contributed by atoms with Gasteiger partial charge in [-0.15, -0.1) is 0 Å². The number of nitrogens with zero attached hydrogens (tertiary/aromatic N) is 1. The standard InChI is InChI=1S/C18H21NO4/c1-13-8-14(2)10-16(9-13)22-6-7-23-18-11-15(12-19-20)4-5-17(18)21-3/h4-5,8-12,20H,6-7H2,1-3H3. The van der Waals surface area contributed by atoms with Crippen molar-refractivity contribution in [3.05, 3.63) is 53.1 Å². The van der Waals surface area contributed by atoms with Gasteiger partial charge < -0.3 is 19.4 Å². The molecule has 2 aromatic carbocycles. The Labute approximate surface area is 136 Å². The summed E-state index contributed by atoms with van der Waals surface area (Å²) in [4.78, 5) is 0. The summed E-state index contributed by atoms with van der Waals surface area (Å²) < 4.78 is 16.7. The first-order valence-corrected chi connectivity index (χ1v) is 7.31. The monoisotopic (exact) mass is 315 g/mol.